The Kier molecular flexibility index (Phi) is 4.61. The third-order valence-electron chi connectivity index (χ3n) is 4.34. The summed E-state index contributed by atoms with van der Waals surface area (Å²) in [5.74, 6) is 0.564. The molecule has 6 nitrogen and oxygen atoms in total. The summed E-state index contributed by atoms with van der Waals surface area (Å²) in [7, 11) is 0. The van der Waals surface area contributed by atoms with Gasteiger partial charge in [-0.1, -0.05) is 18.2 Å². The molecule has 0 aliphatic rings. The highest BCUT2D eigenvalue weighted by Gasteiger charge is 2.18. The van der Waals surface area contributed by atoms with Crippen LogP contribution in [0.1, 0.15) is 13.8 Å². The molecule has 0 amide bonds. The number of carbonyl (C=O) groups is 1. The molecule has 0 saturated heterocycles. The van der Waals surface area contributed by atoms with Crippen LogP contribution in [-0.4, -0.2) is 18.7 Å². The lowest BCUT2D eigenvalue weighted by molar-refractivity contribution is -0.150. The molecule has 0 fully saturated rings. The molecule has 0 aliphatic carbocycles. The minimum Gasteiger partial charge on any atom is -0.479 e. The van der Waals surface area contributed by atoms with Crippen molar-refractivity contribution < 1.29 is 23.1 Å². The lowest BCUT2D eigenvalue weighted by Crippen LogP contribution is -2.26. The third-order valence-corrected chi connectivity index (χ3v) is 4.34. The van der Waals surface area contributed by atoms with E-state index >= 15 is 0 Å². The van der Waals surface area contributed by atoms with Crippen molar-refractivity contribution in [1.82, 2.24) is 0 Å². The number of fused-ring (bicyclic) bond motifs is 2. The normalized spacial score (nSPS) is 12.2. The van der Waals surface area contributed by atoms with Crippen molar-refractivity contribution in [2.24, 2.45) is 0 Å². The first-order valence-corrected chi connectivity index (χ1v) is 8.95. The average Bonchev–Trinajstić information content (AvgIpc) is 3.11. The van der Waals surface area contributed by atoms with Gasteiger partial charge in [-0.2, -0.15) is 0 Å². The summed E-state index contributed by atoms with van der Waals surface area (Å²) in [6, 6.07) is 15.9. The van der Waals surface area contributed by atoms with E-state index in [1.807, 2.05) is 30.3 Å². The van der Waals surface area contributed by atoms with Crippen molar-refractivity contribution in [2.45, 2.75) is 20.0 Å². The van der Waals surface area contributed by atoms with Crippen LogP contribution in [0.4, 0.5) is 0 Å². The zero-order valence-corrected chi connectivity index (χ0v) is 15.4. The minimum atomic E-state index is -0.761. The van der Waals surface area contributed by atoms with Gasteiger partial charge in [0, 0.05) is 22.4 Å². The summed E-state index contributed by atoms with van der Waals surface area (Å²) in [6.07, 6.45) is -0.761. The van der Waals surface area contributed by atoms with E-state index in [-0.39, 0.29) is 6.61 Å². The number of benzene rings is 2. The molecule has 4 rings (SSSR count). The van der Waals surface area contributed by atoms with Crippen LogP contribution in [0.5, 0.6) is 5.75 Å². The Morgan fingerprint density at radius 3 is 2.64 bits per heavy atom. The quantitative estimate of drug-likeness (QED) is 0.375. The van der Waals surface area contributed by atoms with E-state index in [4.69, 9.17) is 18.3 Å². The first-order chi connectivity index (χ1) is 13.5. The molecule has 0 aliphatic heterocycles. The first kappa shape index (κ1) is 17.9. The lowest BCUT2D eigenvalue weighted by Gasteiger charge is -2.14. The van der Waals surface area contributed by atoms with Crippen molar-refractivity contribution in [1.29, 1.82) is 0 Å². The van der Waals surface area contributed by atoms with E-state index < -0.39 is 17.7 Å². The predicted molar refractivity (Wildman–Crippen MR) is 104 cm³/mol. The molecule has 2 aromatic carbocycles. The molecule has 0 bridgehead atoms. The molecule has 142 valence electrons. The summed E-state index contributed by atoms with van der Waals surface area (Å²) in [5.41, 5.74) is 1.24. The van der Waals surface area contributed by atoms with Crippen LogP contribution in [0, 0.1) is 0 Å². The van der Waals surface area contributed by atoms with Gasteiger partial charge in [-0.05, 0) is 44.2 Å². The average molecular weight is 378 g/mol. The number of hydrogen-bond donors (Lipinski definition) is 0. The monoisotopic (exact) mass is 378 g/mol. The second-order valence-electron chi connectivity index (χ2n) is 6.30. The van der Waals surface area contributed by atoms with Crippen molar-refractivity contribution >= 4 is 27.9 Å². The highest BCUT2D eigenvalue weighted by Crippen LogP contribution is 2.33. The summed E-state index contributed by atoms with van der Waals surface area (Å²) >= 11 is 0. The van der Waals surface area contributed by atoms with E-state index in [2.05, 4.69) is 0 Å². The molecule has 2 aromatic heterocycles. The van der Waals surface area contributed by atoms with Crippen LogP contribution >= 0.6 is 0 Å². The zero-order valence-electron chi connectivity index (χ0n) is 15.4. The fourth-order valence-electron chi connectivity index (χ4n) is 3.05. The number of carbonyl (C=O) groups excluding carboxylic acids is 1. The minimum absolute atomic E-state index is 0.283. The Morgan fingerprint density at radius 2 is 1.86 bits per heavy atom. The molecule has 0 spiro atoms. The van der Waals surface area contributed by atoms with Crippen LogP contribution in [0.15, 0.2) is 68.2 Å². The summed E-state index contributed by atoms with van der Waals surface area (Å²) in [5, 5.41) is 1.58. The Balaban J connectivity index is 1.79. The Morgan fingerprint density at radius 1 is 1.04 bits per heavy atom. The number of furan rings is 1. The Hall–Kier alpha value is -3.54. The fraction of sp³-hybridized carbons (Fsp3) is 0.182. The van der Waals surface area contributed by atoms with Crippen LogP contribution in [-0.2, 0) is 9.53 Å². The zero-order chi connectivity index (χ0) is 19.7. The standard InChI is InChI=1S/C22H18O6/c1-3-25-22(24)13(2)26-15-8-9-19-16(11-15)17(12-21(23)28-19)20-10-14-6-4-5-7-18(14)27-20/h4-13H,3H2,1-2H3. The largest absolute Gasteiger partial charge is 0.479 e. The first-order valence-electron chi connectivity index (χ1n) is 8.95. The van der Waals surface area contributed by atoms with E-state index in [9.17, 15) is 9.59 Å². The smallest absolute Gasteiger partial charge is 0.347 e. The van der Waals surface area contributed by atoms with Crippen molar-refractivity contribution in [3.05, 3.63) is 65.0 Å². The molecular weight excluding hydrogens is 360 g/mol. The number of esters is 1. The van der Waals surface area contributed by atoms with E-state index in [1.165, 1.54) is 6.07 Å². The van der Waals surface area contributed by atoms with Gasteiger partial charge in [-0.25, -0.2) is 9.59 Å². The predicted octanol–water partition coefficient (Wildman–Crippen LogP) is 4.54. The molecule has 0 saturated carbocycles. The second-order valence-corrected chi connectivity index (χ2v) is 6.30. The molecule has 6 heteroatoms. The van der Waals surface area contributed by atoms with Crippen LogP contribution in [0.3, 0.4) is 0 Å². The van der Waals surface area contributed by atoms with Gasteiger partial charge < -0.3 is 18.3 Å². The van der Waals surface area contributed by atoms with Crippen LogP contribution < -0.4 is 10.4 Å². The van der Waals surface area contributed by atoms with Crippen LogP contribution in [0.25, 0.3) is 33.3 Å². The fourth-order valence-corrected chi connectivity index (χ4v) is 3.05. The van der Waals surface area contributed by atoms with Crippen LogP contribution in [0.2, 0.25) is 0 Å². The number of para-hydroxylation sites is 1. The molecule has 0 radical (unpaired) electrons. The van der Waals surface area contributed by atoms with Crippen molar-refractivity contribution in [2.75, 3.05) is 6.61 Å². The maximum atomic E-state index is 12.0. The molecule has 2 heterocycles. The maximum absolute atomic E-state index is 12.0. The Labute approximate surface area is 160 Å². The number of rotatable bonds is 5. The van der Waals surface area contributed by atoms with Gasteiger partial charge in [0.05, 0.1) is 6.61 Å². The maximum Gasteiger partial charge on any atom is 0.347 e. The summed E-state index contributed by atoms with van der Waals surface area (Å²) in [4.78, 5) is 23.8. The molecule has 0 N–H and O–H groups in total. The molecule has 28 heavy (non-hydrogen) atoms. The highest BCUT2D eigenvalue weighted by molar-refractivity contribution is 5.95. The van der Waals surface area contributed by atoms with Gasteiger partial charge in [0.2, 0.25) is 0 Å². The van der Waals surface area contributed by atoms with E-state index in [1.54, 1.807) is 32.0 Å². The topological polar surface area (TPSA) is 78.9 Å². The Bertz CT molecular complexity index is 1180. The molecule has 4 aromatic rings. The van der Waals surface area contributed by atoms with Gasteiger partial charge in [0.1, 0.15) is 22.7 Å². The SMILES string of the molecule is CCOC(=O)C(C)Oc1ccc2oc(=O)cc(-c3cc4ccccc4o3)c2c1. The summed E-state index contributed by atoms with van der Waals surface area (Å²) in [6.45, 7) is 3.64. The van der Waals surface area contributed by atoms with Crippen molar-refractivity contribution in [3.63, 3.8) is 0 Å². The summed E-state index contributed by atoms with van der Waals surface area (Å²) < 4.78 is 21.9. The van der Waals surface area contributed by atoms with Gasteiger partial charge in [-0.15, -0.1) is 0 Å². The van der Waals surface area contributed by atoms with Gasteiger partial charge in [0.15, 0.2) is 6.10 Å². The number of ether oxygens (including phenoxy) is 2. The van der Waals surface area contributed by atoms with Gasteiger partial charge in [0.25, 0.3) is 0 Å². The van der Waals surface area contributed by atoms with Crippen molar-refractivity contribution in [3.8, 4) is 17.1 Å². The van der Waals surface area contributed by atoms with Gasteiger partial charge in [-0.3, -0.25) is 0 Å². The lowest BCUT2D eigenvalue weighted by atomic mass is 10.1. The molecular formula is C22H18O6. The van der Waals surface area contributed by atoms with E-state index in [0.29, 0.717) is 28.0 Å². The molecule has 1 atom stereocenters. The highest BCUT2D eigenvalue weighted by atomic mass is 16.6. The van der Waals surface area contributed by atoms with Gasteiger partial charge >= 0.3 is 11.6 Å². The second kappa shape index (κ2) is 7.23. The third kappa shape index (κ3) is 3.36. The van der Waals surface area contributed by atoms with E-state index in [0.717, 1.165) is 11.0 Å². The molecule has 1 unspecified atom stereocenters. The number of hydrogen-bond acceptors (Lipinski definition) is 6.